The number of carbonyl (C=O) groups is 1. The maximum absolute atomic E-state index is 12.3. The number of pyridine rings is 1. The number of aromatic amines is 2. The van der Waals surface area contributed by atoms with Crippen LogP contribution in [-0.2, 0) is 11.2 Å². The third-order valence-corrected chi connectivity index (χ3v) is 4.83. The minimum absolute atomic E-state index is 0.0569. The summed E-state index contributed by atoms with van der Waals surface area (Å²) in [5.74, 6) is -0.0813. The van der Waals surface area contributed by atoms with Gasteiger partial charge >= 0.3 is 0 Å². The van der Waals surface area contributed by atoms with Crippen LogP contribution in [-0.4, -0.2) is 22.5 Å². The summed E-state index contributed by atoms with van der Waals surface area (Å²) in [6.07, 6.45) is 4.41. The van der Waals surface area contributed by atoms with Gasteiger partial charge in [-0.1, -0.05) is 18.2 Å². The van der Waals surface area contributed by atoms with E-state index in [2.05, 4.69) is 27.4 Å². The lowest BCUT2D eigenvalue weighted by molar-refractivity contribution is -0.124. The number of hydrogen-bond acceptors (Lipinski definition) is 3. The molecule has 1 aliphatic carbocycles. The van der Waals surface area contributed by atoms with Crippen molar-refractivity contribution in [3.8, 4) is 5.75 Å². The average molecular weight is 351 g/mol. The fraction of sp³-hybridized carbons (Fsp3) is 0.300. The third-order valence-electron chi connectivity index (χ3n) is 4.83. The first-order valence-electron chi connectivity index (χ1n) is 8.83. The van der Waals surface area contributed by atoms with Gasteiger partial charge in [0.05, 0.1) is 6.04 Å². The van der Waals surface area contributed by atoms with Crippen molar-refractivity contribution in [1.29, 1.82) is 0 Å². The van der Waals surface area contributed by atoms with E-state index in [4.69, 9.17) is 4.74 Å². The van der Waals surface area contributed by atoms with Gasteiger partial charge in [0.25, 0.3) is 5.91 Å². The predicted molar refractivity (Wildman–Crippen MR) is 99.4 cm³/mol. The summed E-state index contributed by atoms with van der Waals surface area (Å²) in [6, 6.07) is 9.60. The van der Waals surface area contributed by atoms with Gasteiger partial charge in [-0.15, -0.1) is 0 Å². The number of benzene rings is 1. The number of aromatic nitrogens is 2. The van der Waals surface area contributed by atoms with Crippen LogP contribution in [0.15, 0.2) is 41.3 Å². The largest absolute Gasteiger partial charge is 0.478 e. The first kappa shape index (κ1) is 16.4. The van der Waals surface area contributed by atoms with Crippen molar-refractivity contribution in [3.63, 3.8) is 0 Å². The molecule has 0 aliphatic heterocycles. The Balaban J connectivity index is 1.46. The van der Waals surface area contributed by atoms with Crippen LogP contribution in [0.1, 0.15) is 35.8 Å². The highest BCUT2D eigenvalue weighted by Gasteiger charge is 2.25. The van der Waals surface area contributed by atoms with E-state index in [1.165, 1.54) is 23.2 Å². The van der Waals surface area contributed by atoms with E-state index in [0.717, 1.165) is 36.2 Å². The molecule has 2 heterocycles. The van der Waals surface area contributed by atoms with E-state index in [1.807, 2.05) is 12.1 Å². The van der Waals surface area contributed by atoms with Gasteiger partial charge in [-0.3, -0.25) is 9.59 Å². The van der Waals surface area contributed by atoms with Crippen molar-refractivity contribution in [2.75, 3.05) is 6.61 Å². The first-order valence-corrected chi connectivity index (χ1v) is 8.83. The Kier molecular flexibility index (Phi) is 4.24. The zero-order chi connectivity index (χ0) is 18.1. The lowest BCUT2D eigenvalue weighted by Gasteiger charge is -2.23. The van der Waals surface area contributed by atoms with Crippen LogP contribution in [0.25, 0.3) is 10.9 Å². The molecule has 1 aliphatic rings. The molecule has 0 saturated carbocycles. The second-order valence-electron chi connectivity index (χ2n) is 6.71. The second kappa shape index (κ2) is 6.71. The number of fused-ring (bicyclic) bond motifs is 3. The molecule has 0 fully saturated rings. The molecule has 3 N–H and O–H groups in total. The van der Waals surface area contributed by atoms with Gasteiger partial charge in [-0.2, -0.15) is 0 Å². The molecule has 134 valence electrons. The highest BCUT2D eigenvalue weighted by Crippen LogP contribution is 2.34. The van der Waals surface area contributed by atoms with Gasteiger partial charge in [0, 0.05) is 34.6 Å². The molecule has 1 amide bonds. The molecular formula is C20H21N3O3. The van der Waals surface area contributed by atoms with Gasteiger partial charge in [0.1, 0.15) is 0 Å². The molecule has 26 heavy (non-hydrogen) atoms. The van der Waals surface area contributed by atoms with E-state index in [-0.39, 0.29) is 29.7 Å². The Labute approximate surface area is 150 Å². The number of amides is 1. The average Bonchev–Trinajstić information content (AvgIpc) is 3.01. The van der Waals surface area contributed by atoms with Gasteiger partial charge in [-0.25, -0.2) is 0 Å². The summed E-state index contributed by atoms with van der Waals surface area (Å²) in [5.41, 5.74) is 3.98. The standard InChI is InChI=1S/C20H21N3O3/c1-12-9-17(24)18(10-21-12)26-11-19(25)22-16-8-4-6-14-13-5-2-3-7-15(13)23-20(14)16/h2-3,5,7,9-10,16,23H,4,6,8,11H2,1H3,(H,21,24)(H,22,25)/t16-/m1/s1. The van der Waals surface area contributed by atoms with Crippen LogP contribution < -0.4 is 15.5 Å². The topological polar surface area (TPSA) is 87.0 Å². The molecule has 1 atom stereocenters. The molecule has 2 aromatic heterocycles. The number of H-pyrrole nitrogens is 2. The number of hydrogen-bond donors (Lipinski definition) is 3. The predicted octanol–water partition coefficient (Wildman–Crippen LogP) is 2.74. The van der Waals surface area contributed by atoms with Crippen molar-refractivity contribution >= 4 is 16.8 Å². The molecule has 6 nitrogen and oxygen atoms in total. The lowest BCUT2D eigenvalue weighted by atomic mass is 9.91. The summed E-state index contributed by atoms with van der Waals surface area (Å²) in [4.78, 5) is 30.5. The number of para-hydroxylation sites is 1. The SMILES string of the molecule is Cc1cc(=O)c(OCC(=O)N[C@@H]2CCCc3c2[nH]c2ccccc32)c[nH]1. The minimum Gasteiger partial charge on any atom is -0.478 e. The first-order chi connectivity index (χ1) is 12.6. The van der Waals surface area contributed by atoms with Crippen LogP contribution in [0.2, 0.25) is 0 Å². The number of ether oxygens (including phenoxy) is 1. The van der Waals surface area contributed by atoms with Gasteiger partial charge in [0.2, 0.25) is 5.43 Å². The molecule has 0 spiro atoms. The van der Waals surface area contributed by atoms with Crippen LogP contribution in [0.5, 0.6) is 5.75 Å². The maximum Gasteiger partial charge on any atom is 0.258 e. The smallest absolute Gasteiger partial charge is 0.258 e. The highest BCUT2D eigenvalue weighted by molar-refractivity contribution is 5.85. The van der Waals surface area contributed by atoms with Gasteiger partial charge < -0.3 is 20.0 Å². The summed E-state index contributed by atoms with van der Waals surface area (Å²) in [7, 11) is 0. The van der Waals surface area contributed by atoms with E-state index in [0.29, 0.717) is 0 Å². The van der Waals surface area contributed by atoms with Crippen molar-refractivity contribution in [2.45, 2.75) is 32.2 Å². The lowest BCUT2D eigenvalue weighted by Crippen LogP contribution is -2.34. The maximum atomic E-state index is 12.3. The van der Waals surface area contributed by atoms with E-state index >= 15 is 0 Å². The van der Waals surface area contributed by atoms with Crippen LogP contribution in [0.4, 0.5) is 0 Å². The summed E-state index contributed by atoms with van der Waals surface area (Å²) < 4.78 is 5.38. The second-order valence-corrected chi connectivity index (χ2v) is 6.71. The Morgan fingerprint density at radius 1 is 1.35 bits per heavy atom. The Hall–Kier alpha value is -3.02. The molecular weight excluding hydrogens is 330 g/mol. The number of aryl methyl sites for hydroxylation is 2. The highest BCUT2D eigenvalue weighted by atomic mass is 16.5. The molecule has 6 heteroatoms. The Morgan fingerprint density at radius 3 is 3.04 bits per heavy atom. The molecule has 0 saturated heterocycles. The quantitative estimate of drug-likeness (QED) is 0.675. The summed E-state index contributed by atoms with van der Waals surface area (Å²) >= 11 is 0. The van der Waals surface area contributed by atoms with E-state index < -0.39 is 0 Å². The van der Waals surface area contributed by atoms with Crippen LogP contribution in [0, 0.1) is 6.92 Å². The fourth-order valence-electron chi connectivity index (χ4n) is 3.61. The van der Waals surface area contributed by atoms with Crippen molar-refractivity contribution in [3.05, 3.63) is 63.7 Å². The molecule has 0 unspecified atom stereocenters. The molecule has 0 bridgehead atoms. The third kappa shape index (κ3) is 3.10. The monoisotopic (exact) mass is 351 g/mol. The Morgan fingerprint density at radius 2 is 2.19 bits per heavy atom. The zero-order valence-electron chi connectivity index (χ0n) is 14.6. The van der Waals surface area contributed by atoms with Crippen molar-refractivity contribution < 1.29 is 9.53 Å². The fourth-order valence-corrected chi connectivity index (χ4v) is 3.61. The summed E-state index contributed by atoms with van der Waals surface area (Å²) in [5, 5.41) is 4.26. The number of nitrogens with one attached hydrogen (secondary N) is 3. The van der Waals surface area contributed by atoms with Crippen molar-refractivity contribution in [2.24, 2.45) is 0 Å². The molecule has 1 aromatic carbocycles. The number of carbonyl (C=O) groups excluding carboxylic acids is 1. The zero-order valence-corrected chi connectivity index (χ0v) is 14.6. The van der Waals surface area contributed by atoms with Crippen LogP contribution in [0.3, 0.4) is 0 Å². The van der Waals surface area contributed by atoms with Gasteiger partial charge in [0.15, 0.2) is 12.4 Å². The van der Waals surface area contributed by atoms with Gasteiger partial charge in [-0.05, 0) is 37.8 Å². The number of rotatable bonds is 4. The van der Waals surface area contributed by atoms with E-state index in [9.17, 15) is 9.59 Å². The molecule has 3 aromatic rings. The summed E-state index contributed by atoms with van der Waals surface area (Å²) in [6.45, 7) is 1.61. The van der Waals surface area contributed by atoms with E-state index in [1.54, 1.807) is 6.92 Å². The molecule has 0 radical (unpaired) electrons. The van der Waals surface area contributed by atoms with Crippen molar-refractivity contribution in [1.82, 2.24) is 15.3 Å². The molecule has 4 rings (SSSR count). The minimum atomic E-state index is -0.235. The van der Waals surface area contributed by atoms with Crippen LogP contribution >= 0.6 is 0 Å². The normalized spacial score (nSPS) is 16.3. The Bertz CT molecular complexity index is 1020.